The minimum absolute atomic E-state index is 0.108. The Hall–Kier alpha value is -3.48. The summed E-state index contributed by atoms with van der Waals surface area (Å²) < 4.78 is 18.1. The van der Waals surface area contributed by atoms with E-state index in [1.165, 1.54) is 23.1 Å². The fourth-order valence-electron chi connectivity index (χ4n) is 3.04. The molecule has 0 atom stereocenters. The summed E-state index contributed by atoms with van der Waals surface area (Å²) in [4.78, 5) is 30.6. The summed E-state index contributed by atoms with van der Waals surface area (Å²) in [5, 5.41) is 11.0. The number of aromatic hydroxyl groups is 1. The number of carbonyl (C=O) groups is 2. The number of phenols is 1. The zero-order valence-corrected chi connectivity index (χ0v) is 16.4. The molecule has 1 heterocycles. The van der Waals surface area contributed by atoms with Gasteiger partial charge in [-0.15, -0.1) is 0 Å². The van der Waals surface area contributed by atoms with E-state index < -0.39 is 5.97 Å². The van der Waals surface area contributed by atoms with E-state index in [1.807, 2.05) is 0 Å². The number of halogens is 1. The molecule has 0 radical (unpaired) electrons. The Kier molecular flexibility index (Phi) is 5.77. The van der Waals surface area contributed by atoms with Gasteiger partial charge in [-0.2, -0.15) is 0 Å². The highest BCUT2D eigenvalue weighted by Crippen LogP contribution is 2.32. The molecule has 0 spiro atoms. The molecule has 3 aromatic rings. The van der Waals surface area contributed by atoms with E-state index in [4.69, 9.17) is 4.74 Å². The van der Waals surface area contributed by atoms with Crippen molar-refractivity contribution in [3.05, 3.63) is 70.7 Å². The lowest BCUT2D eigenvalue weighted by Crippen LogP contribution is -2.22. The summed E-state index contributed by atoms with van der Waals surface area (Å²) in [6.07, 6.45) is 2.03. The third kappa shape index (κ3) is 4.18. The first kappa shape index (κ1) is 20.3. The van der Waals surface area contributed by atoms with Crippen LogP contribution in [-0.4, -0.2) is 47.6 Å². The van der Waals surface area contributed by atoms with Crippen LogP contribution in [0.3, 0.4) is 0 Å². The Bertz CT molecular complexity index is 1080. The van der Waals surface area contributed by atoms with Gasteiger partial charge in [0.1, 0.15) is 16.9 Å². The molecular formula is C22H21FN2O4. The number of fused-ring (bicyclic) bond motifs is 1. The first-order valence-electron chi connectivity index (χ1n) is 9.09. The van der Waals surface area contributed by atoms with Crippen molar-refractivity contribution in [2.24, 2.45) is 0 Å². The zero-order valence-electron chi connectivity index (χ0n) is 16.4. The van der Waals surface area contributed by atoms with E-state index in [9.17, 15) is 19.1 Å². The Morgan fingerprint density at radius 3 is 2.41 bits per heavy atom. The summed E-state index contributed by atoms with van der Waals surface area (Å²) in [6.45, 7) is 1.79. The number of esters is 1. The van der Waals surface area contributed by atoms with Gasteiger partial charge in [0.2, 0.25) is 0 Å². The van der Waals surface area contributed by atoms with Crippen LogP contribution in [0.4, 0.5) is 4.39 Å². The smallest absolute Gasteiger partial charge is 0.342 e. The minimum atomic E-state index is -0.725. The number of phenolic OH excluding ortho intramolecular Hbond substituents is 1. The second-order valence-corrected chi connectivity index (χ2v) is 6.78. The lowest BCUT2D eigenvalue weighted by molar-refractivity contribution is 0.0523. The molecule has 6 nitrogen and oxygen atoms in total. The van der Waals surface area contributed by atoms with Crippen LogP contribution in [0.15, 0.2) is 42.6 Å². The van der Waals surface area contributed by atoms with Gasteiger partial charge in [0.25, 0.3) is 5.91 Å². The maximum Gasteiger partial charge on any atom is 0.342 e. The first-order valence-corrected chi connectivity index (χ1v) is 9.09. The van der Waals surface area contributed by atoms with E-state index in [-0.39, 0.29) is 40.7 Å². The summed E-state index contributed by atoms with van der Waals surface area (Å²) >= 11 is 0. The molecule has 1 amide bonds. The van der Waals surface area contributed by atoms with Gasteiger partial charge in [0, 0.05) is 25.7 Å². The molecule has 3 rings (SSSR count). The third-order valence-electron chi connectivity index (χ3n) is 4.46. The largest absolute Gasteiger partial charge is 0.505 e. The van der Waals surface area contributed by atoms with Crippen molar-refractivity contribution >= 4 is 22.8 Å². The average molecular weight is 396 g/mol. The molecule has 0 aliphatic carbocycles. The Labute approximate surface area is 167 Å². The number of benzene rings is 2. The molecule has 0 aliphatic heterocycles. The number of rotatable bonds is 5. The molecule has 0 saturated heterocycles. The molecule has 1 N–H and O–H groups in total. The van der Waals surface area contributed by atoms with Gasteiger partial charge in [-0.05, 0) is 48.7 Å². The molecule has 150 valence electrons. The van der Waals surface area contributed by atoms with Gasteiger partial charge in [-0.25, -0.2) is 9.18 Å². The van der Waals surface area contributed by atoms with Gasteiger partial charge in [-0.3, -0.25) is 9.78 Å². The number of hydrogen-bond donors (Lipinski definition) is 1. The standard InChI is InChI=1S/C22H21FN2O4/c1-4-29-22(28)18-11-17(21(27)25(2)3)16-10-14(12-24-19(16)20(18)26)9-13-5-7-15(23)8-6-13/h5-8,10-12,26H,4,9H2,1-3H3. The highest BCUT2D eigenvalue weighted by molar-refractivity contribution is 6.11. The Morgan fingerprint density at radius 1 is 1.10 bits per heavy atom. The van der Waals surface area contributed by atoms with Crippen molar-refractivity contribution in [1.82, 2.24) is 9.88 Å². The van der Waals surface area contributed by atoms with Crippen LogP contribution >= 0.6 is 0 Å². The molecule has 2 aromatic carbocycles. The molecule has 0 fully saturated rings. The quantitative estimate of drug-likeness (QED) is 0.667. The molecule has 7 heteroatoms. The summed E-state index contributed by atoms with van der Waals surface area (Å²) in [6, 6.07) is 9.18. The van der Waals surface area contributed by atoms with Crippen molar-refractivity contribution in [3.63, 3.8) is 0 Å². The normalized spacial score (nSPS) is 10.8. The lowest BCUT2D eigenvalue weighted by atomic mass is 9.98. The summed E-state index contributed by atoms with van der Waals surface area (Å²) in [7, 11) is 3.20. The number of carbonyl (C=O) groups excluding carboxylic acids is 2. The number of amides is 1. The van der Waals surface area contributed by atoms with E-state index in [1.54, 1.807) is 45.4 Å². The Morgan fingerprint density at radius 2 is 1.79 bits per heavy atom. The Balaban J connectivity index is 2.15. The van der Waals surface area contributed by atoms with Crippen molar-refractivity contribution < 1.29 is 23.8 Å². The van der Waals surface area contributed by atoms with E-state index in [0.29, 0.717) is 11.8 Å². The fourth-order valence-corrected chi connectivity index (χ4v) is 3.04. The number of nitrogens with zero attached hydrogens (tertiary/aromatic N) is 2. The third-order valence-corrected chi connectivity index (χ3v) is 4.46. The van der Waals surface area contributed by atoms with Crippen LogP contribution in [0.2, 0.25) is 0 Å². The highest BCUT2D eigenvalue weighted by atomic mass is 19.1. The molecular weight excluding hydrogens is 375 g/mol. The van der Waals surface area contributed by atoms with Crippen molar-refractivity contribution in [1.29, 1.82) is 0 Å². The lowest BCUT2D eigenvalue weighted by Gasteiger charge is -2.16. The van der Waals surface area contributed by atoms with E-state index in [2.05, 4.69) is 4.98 Å². The second-order valence-electron chi connectivity index (χ2n) is 6.78. The number of aromatic nitrogens is 1. The van der Waals surface area contributed by atoms with Gasteiger partial charge in [0.05, 0.1) is 12.2 Å². The predicted octanol–water partition coefficient (Wildman–Crippen LogP) is 3.55. The van der Waals surface area contributed by atoms with Crippen molar-refractivity contribution in [2.75, 3.05) is 20.7 Å². The second kappa shape index (κ2) is 8.26. The average Bonchev–Trinajstić information content (AvgIpc) is 2.69. The van der Waals surface area contributed by atoms with Crippen LogP contribution < -0.4 is 0 Å². The van der Waals surface area contributed by atoms with E-state index >= 15 is 0 Å². The topological polar surface area (TPSA) is 79.7 Å². The number of ether oxygens (including phenoxy) is 1. The predicted molar refractivity (Wildman–Crippen MR) is 107 cm³/mol. The van der Waals surface area contributed by atoms with Crippen LogP contribution in [-0.2, 0) is 11.2 Å². The highest BCUT2D eigenvalue weighted by Gasteiger charge is 2.23. The van der Waals surface area contributed by atoms with Crippen LogP contribution in [0.5, 0.6) is 5.75 Å². The molecule has 0 saturated carbocycles. The van der Waals surface area contributed by atoms with Crippen LogP contribution in [0, 0.1) is 5.82 Å². The fraction of sp³-hybridized carbons (Fsp3) is 0.227. The zero-order chi connectivity index (χ0) is 21.1. The number of pyridine rings is 1. The van der Waals surface area contributed by atoms with Crippen molar-refractivity contribution in [3.8, 4) is 5.75 Å². The van der Waals surface area contributed by atoms with Gasteiger partial charge in [0.15, 0.2) is 5.75 Å². The number of hydrogen-bond acceptors (Lipinski definition) is 5. The minimum Gasteiger partial charge on any atom is -0.505 e. The van der Waals surface area contributed by atoms with E-state index in [0.717, 1.165) is 11.1 Å². The van der Waals surface area contributed by atoms with Gasteiger partial charge >= 0.3 is 5.97 Å². The SMILES string of the molecule is CCOC(=O)c1cc(C(=O)N(C)C)c2cc(Cc3ccc(F)cc3)cnc2c1O. The molecule has 0 bridgehead atoms. The maximum absolute atomic E-state index is 13.1. The first-order chi connectivity index (χ1) is 13.8. The maximum atomic E-state index is 13.1. The molecule has 1 aromatic heterocycles. The van der Waals surface area contributed by atoms with Crippen LogP contribution in [0.25, 0.3) is 10.9 Å². The van der Waals surface area contributed by atoms with Gasteiger partial charge < -0.3 is 14.7 Å². The van der Waals surface area contributed by atoms with Crippen LogP contribution in [0.1, 0.15) is 38.8 Å². The summed E-state index contributed by atoms with van der Waals surface area (Å²) in [5.74, 6) is -1.71. The monoisotopic (exact) mass is 396 g/mol. The molecule has 0 aliphatic rings. The molecule has 29 heavy (non-hydrogen) atoms. The van der Waals surface area contributed by atoms with Gasteiger partial charge in [-0.1, -0.05) is 12.1 Å². The van der Waals surface area contributed by atoms with Crippen molar-refractivity contribution in [2.45, 2.75) is 13.3 Å². The summed E-state index contributed by atoms with van der Waals surface area (Å²) in [5.41, 5.74) is 1.92. The molecule has 0 unspecified atom stereocenters.